The number of rotatable bonds is 7. The molecule has 0 bridgehead atoms. The number of aryl methyl sites for hydroxylation is 1. The summed E-state index contributed by atoms with van der Waals surface area (Å²) in [5.74, 6) is 0.113. The minimum Gasteiger partial charge on any atom is -0.387 e. The Morgan fingerprint density at radius 3 is 2.81 bits per heavy atom. The van der Waals surface area contributed by atoms with Crippen molar-refractivity contribution in [1.82, 2.24) is 19.6 Å². The van der Waals surface area contributed by atoms with Crippen LogP contribution in [0.5, 0.6) is 0 Å². The van der Waals surface area contributed by atoms with Crippen LogP contribution in [0.2, 0.25) is 0 Å². The summed E-state index contributed by atoms with van der Waals surface area (Å²) in [6.07, 6.45) is 5.59. The average Bonchev–Trinajstić information content (AvgIpc) is 3.07. The Kier molecular flexibility index (Phi) is 6.63. The molecular formula is C21H31FN4O. The van der Waals surface area contributed by atoms with E-state index in [1.807, 2.05) is 25.0 Å². The number of nitrogens with zero attached hydrogens (tertiary/aromatic N) is 4. The predicted molar refractivity (Wildman–Crippen MR) is 105 cm³/mol. The minimum atomic E-state index is -0.820. The Labute approximate surface area is 161 Å². The Morgan fingerprint density at radius 2 is 2.15 bits per heavy atom. The van der Waals surface area contributed by atoms with Gasteiger partial charge in [0, 0.05) is 43.5 Å². The van der Waals surface area contributed by atoms with Gasteiger partial charge in [0.1, 0.15) is 5.82 Å². The van der Waals surface area contributed by atoms with E-state index in [1.165, 1.54) is 18.1 Å². The highest BCUT2D eigenvalue weighted by atomic mass is 19.1. The van der Waals surface area contributed by atoms with E-state index in [1.54, 1.807) is 18.2 Å². The van der Waals surface area contributed by atoms with E-state index in [-0.39, 0.29) is 5.82 Å². The van der Waals surface area contributed by atoms with Crippen molar-refractivity contribution in [2.75, 3.05) is 33.2 Å². The molecule has 0 saturated carbocycles. The topological polar surface area (TPSA) is 44.5 Å². The normalized spacial score (nSPS) is 22.3. The van der Waals surface area contributed by atoms with Crippen molar-refractivity contribution in [2.24, 2.45) is 13.0 Å². The molecule has 1 aromatic heterocycles. The highest BCUT2D eigenvalue weighted by molar-refractivity contribution is 5.20. The molecule has 1 aliphatic rings. The molecule has 6 heteroatoms. The quantitative estimate of drug-likeness (QED) is 0.809. The first kappa shape index (κ1) is 20.0. The Balaban J connectivity index is 1.69. The monoisotopic (exact) mass is 374 g/mol. The molecule has 0 radical (unpaired) electrons. The molecule has 1 saturated heterocycles. The molecule has 0 spiro atoms. The fourth-order valence-electron chi connectivity index (χ4n) is 4.39. The Morgan fingerprint density at radius 1 is 1.37 bits per heavy atom. The van der Waals surface area contributed by atoms with Gasteiger partial charge in [-0.1, -0.05) is 25.1 Å². The van der Waals surface area contributed by atoms with Crippen molar-refractivity contribution in [3.8, 4) is 0 Å². The number of aliphatic hydroxyl groups excluding tert-OH is 1. The van der Waals surface area contributed by atoms with Crippen LogP contribution in [0.3, 0.4) is 0 Å². The van der Waals surface area contributed by atoms with Crippen LogP contribution in [0.1, 0.15) is 43.0 Å². The highest BCUT2D eigenvalue weighted by Gasteiger charge is 2.33. The zero-order valence-corrected chi connectivity index (χ0v) is 16.6. The largest absolute Gasteiger partial charge is 0.387 e. The summed E-state index contributed by atoms with van der Waals surface area (Å²) in [5, 5.41) is 14.8. The maximum Gasteiger partial charge on any atom is 0.129 e. The zero-order valence-electron chi connectivity index (χ0n) is 16.6. The third-order valence-corrected chi connectivity index (χ3v) is 5.63. The molecular weight excluding hydrogens is 343 g/mol. The van der Waals surface area contributed by atoms with Gasteiger partial charge in [-0.15, -0.1) is 0 Å². The molecule has 2 aromatic rings. The molecule has 0 amide bonds. The summed E-state index contributed by atoms with van der Waals surface area (Å²) in [7, 11) is 3.96. The van der Waals surface area contributed by atoms with Gasteiger partial charge in [-0.2, -0.15) is 5.10 Å². The second-order valence-electron chi connectivity index (χ2n) is 7.68. The second kappa shape index (κ2) is 8.95. The maximum atomic E-state index is 13.9. The number of halogens is 1. The van der Waals surface area contributed by atoms with Gasteiger partial charge < -0.3 is 10.0 Å². The lowest BCUT2D eigenvalue weighted by Gasteiger charge is -2.42. The van der Waals surface area contributed by atoms with Gasteiger partial charge in [0.05, 0.1) is 12.3 Å². The van der Waals surface area contributed by atoms with Crippen LogP contribution < -0.4 is 0 Å². The summed E-state index contributed by atoms with van der Waals surface area (Å²) >= 11 is 0. The first-order chi connectivity index (χ1) is 13.0. The van der Waals surface area contributed by atoms with Gasteiger partial charge >= 0.3 is 0 Å². The molecule has 1 aromatic carbocycles. The first-order valence-corrected chi connectivity index (χ1v) is 9.83. The first-order valence-electron chi connectivity index (χ1n) is 9.83. The number of likely N-dealkylation sites (N-methyl/N-ethyl adjacent to an activating group) is 1. The van der Waals surface area contributed by atoms with Crippen molar-refractivity contribution in [2.45, 2.75) is 31.9 Å². The van der Waals surface area contributed by atoms with Crippen molar-refractivity contribution in [1.29, 1.82) is 0 Å². The molecule has 1 aliphatic heterocycles. The number of aromatic nitrogens is 2. The standard InChI is InChI=1S/C21H31FN4O/c1-4-26-11-7-8-16(21(26)17-12-23-25(3)14-17)13-24(2)15-20(27)18-9-5-6-10-19(18)22/h5-6,9-10,12,14,16,20-21,27H,4,7-8,11,13,15H2,1-3H3/t16-,20?,21+/m0/s1. The van der Waals surface area contributed by atoms with Crippen LogP contribution in [-0.4, -0.2) is 57.9 Å². The maximum absolute atomic E-state index is 13.9. The fourth-order valence-corrected chi connectivity index (χ4v) is 4.39. The summed E-state index contributed by atoms with van der Waals surface area (Å²) in [6.45, 7) is 5.61. The molecule has 1 N–H and O–H groups in total. The molecule has 3 rings (SSSR count). The van der Waals surface area contributed by atoms with Gasteiger partial charge in [-0.3, -0.25) is 9.58 Å². The summed E-state index contributed by atoms with van der Waals surface area (Å²) < 4.78 is 15.8. The summed E-state index contributed by atoms with van der Waals surface area (Å²) in [4.78, 5) is 4.65. The zero-order chi connectivity index (χ0) is 19.4. The predicted octanol–water partition coefficient (Wildman–Crippen LogP) is 3.00. The molecule has 148 valence electrons. The smallest absolute Gasteiger partial charge is 0.129 e. The molecule has 3 atom stereocenters. The second-order valence-corrected chi connectivity index (χ2v) is 7.68. The van der Waals surface area contributed by atoms with E-state index < -0.39 is 6.10 Å². The lowest BCUT2D eigenvalue weighted by molar-refractivity contribution is 0.0590. The van der Waals surface area contributed by atoms with Crippen molar-refractivity contribution in [3.63, 3.8) is 0 Å². The summed E-state index contributed by atoms with van der Waals surface area (Å²) in [5.41, 5.74) is 1.62. The van der Waals surface area contributed by atoms with Crippen LogP contribution in [-0.2, 0) is 7.05 Å². The van der Waals surface area contributed by atoms with E-state index in [9.17, 15) is 9.50 Å². The van der Waals surface area contributed by atoms with Gasteiger partial charge in [0.25, 0.3) is 0 Å². The molecule has 0 aliphatic carbocycles. The van der Waals surface area contributed by atoms with E-state index in [4.69, 9.17) is 0 Å². The number of piperidine rings is 1. The number of hydrogen-bond acceptors (Lipinski definition) is 4. The van der Waals surface area contributed by atoms with E-state index in [0.29, 0.717) is 24.1 Å². The van der Waals surface area contributed by atoms with Gasteiger partial charge in [-0.05, 0) is 45.0 Å². The van der Waals surface area contributed by atoms with E-state index >= 15 is 0 Å². The minimum absolute atomic E-state index is 0.338. The lowest BCUT2D eigenvalue weighted by atomic mass is 9.85. The number of benzene rings is 1. The Bertz CT molecular complexity index is 734. The van der Waals surface area contributed by atoms with Crippen molar-refractivity contribution < 1.29 is 9.50 Å². The summed E-state index contributed by atoms with van der Waals surface area (Å²) in [6, 6.07) is 6.81. The van der Waals surface area contributed by atoms with Crippen LogP contribution in [0.15, 0.2) is 36.7 Å². The SMILES string of the molecule is CCN1CCC[C@@H](CN(C)CC(O)c2ccccc2F)[C@@H]1c1cnn(C)c1. The molecule has 2 heterocycles. The third-order valence-electron chi connectivity index (χ3n) is 5.63. The van der Waals surface area contributed by atoms with E-state index in [0.717, 1.165) is 26.1 Å². The highest BCUT2D eigenvalue weighted by Crippen LogP contribution is 2.36. The van der Waals surface area contributed by atoms with Gasteiger partial charge in [0.2, 0.25) is 0 Å². The molecule has 1 fully saturated rings. The van der Waals surface area contributed by atoms with Crippen LogP contribution in [0, 0.1) is 11.7 Å². The third kappa shape index (κ3) is 4.75. The van der Waals surface area contributed by atoms with Crippen molar-refractivity contribution >= 4 is 0 Å². The molecule has 27 heavy (non-hydrogen) atoms. The number of aliphatic hydroxyl groups is 1. The number of hydrogen-bond donors (Lipinski definition) is 1. The van der Waals surface area contributed by atoms with Crippen LogP contribution >= 0.6 is 0 Å². The lowest BCUT2D eigenvalue weighted by Crippen LogP contribution is -2.43. The average molecular weight is 375 g/mol. The van der Waals surface area contributed by atoms with Crippen molar-refractivity contribution in [3.05, 3.63) is 53.6 Å². The van der Waals surface area contributed by atoms with Gasteiger partial charge in [-0.25, -0.2) is 4.39 Å². The van der Waals surface area contributed by atoms with Crippen LogP contribution in [0.25, 0.3) is 0 Å². The number of likely N-dealkylation sites (tertiary alicyclic amines) is 1. The van der Waals surface area contributed by atoms with Crippen LogP contribution in [0.4, 0.5) is 4.39 Å². The fraction of sp³-hybridized carbons (Fsp3) is 0.571. The molecule has 1 unspecified atom stereocenters. The van der Waals surface area contributed by atoms with Gasteiger partial charge in [0.15, 0.2) is 0 Å². The van der Waals surface area contributed by atoms with E-state index in [2.05, 4.69) is 28.0 Å². The molecule has 5 nitrogen and oxygen atoms in total. The Hall–Kier alpha value is -1.76.